The summed E-state index contributed by atoms with van der Waals surface area (Å²) in [5.41, 5.74) is -0.678. The second-order valence-corrected chi connectivity index (χ2v) is 11.2. The van der Waals surface area contributed by atoms with Gasteiger partial charge in [-0.1, -0.05) is 20.8 Å². The standard InChI is InChI=1S/C13H20N2O5Si/c1-13(2,3)10-7-9(14(16)17)8-11(15(18)19)12(10)20-21(4,5)6/h7-8H,1-6H3. The molecular formula is C13H20N2O5Si. The Labute approximate surface area is 124 Å². The van der Waals surface area contributed by atoms with Gasteiger partial charge in [0.1, 0.15) is 0 Å². The van der Waals surface area contributed by atoms with Crippen molar-refractivity contribution in [3.63, 3.8) is 0 Å². The Morgan fingerprint density at radius 3 is 1.90 bits per heavy atom. The van der Waals surface area contributed by atoms with E-state index in [2.05, 4.69) is 0 Å². The number of hydrogen-bond acceptors (Lipinski definition) is 5. The van der Waals surface area contributed by atoms with Gasteiger partial charge in [0.05, 0.1) is 15.9 Å². The quantitative estimate of drug-likeness (QED) is 0.475. The SMILES string of the molecule is CC(C)(C)c1cc([N+](=O)[O-])cc([N+](=O)[O-])c1O[Si](C)(C)C. The second kappa shape index (κ2) is 5.43. The topological polar surface area (TPSA) is 95.5 Å². The Morgan fingerprint density at radius 2 is 1.57 bits per heavy atom. The molecule has 0 N–H and O–H groups in total. The molecule has 8 heteroatoms. The summed E-state index contributed by atoms with van der Waals surface area (Å²) in [7, 11) is -2.10. The Balaban J connectivity index is 3.71. The first kappa shape index (κ1) is 17.1. The fourth-order valence-electron chi connectivity index (χ4n) is 1.81. The Hall–Kier alpha value is -1.96. The van der Waals surface area contributed by atoms with Crippen molar-refractivity contribution in [2.45, 2.75) is 45.8 Å². The molecule has 21 heavy (non-hydrogen) atoms. The molecule has 1 aromatic rings. The third kappa shape index (κ3) is 4.25. The van der Waals surface area contributed by atoms with Crippen molar-refractivity contribution < 1.29 is 14.3 Å². The lowest BCUT2D eigenvalue weighted by Gasteiger charge is -2.26. The van der Waals surface area contributed by atoms with Gasteiger partial charge in [0.2, 0.25) is 8.32 Å². The molecule has 1 rings (SSSR count). The molecule has 0 radical (unpaired) electrons. The molecule has 0 bridgehead atoms. The number of non-ortho nitro benzene ring substituents is 1. The van der Waals surface area contributed by atoms with Crippen molar-refractivity contribution in [1.82, 2.24) is 0 Å². The lowest BCUT2D eigenvalue weighted by Crippen LogP contribution is -2.31. The highest BCUT2D eigenvalue weighted by molar-refractivity contribution is 6.70. The predicted octanol–water partition coefficient (Wildman–Crippen LogP) is 4.01. The molecule has 0 heterocycles. The summed E-state index contributed by atoms with van der Waals surface area (Å²) in [6.45, 7) is 11.2. The molecule has 0 saturated heterocycles. The van der Waals surface area contributed by atoms with Crippen LogP contribution in [0.3, 0.4) is 0 Å². The summed E-state index contributed by atoms with van der Waals surface area (Å²) >= 11 is 0. The Bertz CT molecular complexity index is 587. The van der Waals surface area contributed by atoms with Crippen molar-refractivity contribution in [2.75, 3.05) is 0 Å². The summed E-state index contributed by atoms with van der Waals surface area (Å²) in [5.74, 6) is 0.150. The number of nitro groups is 2. The maximum atomic E-state index is 11.3. The van der Waals surface area contributed by atoms with Crippen LogP contribution in [0.4, 0.5) is 11.4 Å². The highest BCUT2D eigenvalue weighted by Gasteiger charge is 2.33. The van der Waals surface area contributed by atoms with Crippen LogP contribution < -0.4 is 4.43 Å². The number of nitro benzene ring substituents is 2. The Morgan fingerprint density at radius 1 is 1.05 bits per heavy atom. The van der Waals surface area contributed by atoms with E-state index in [0.717, 1.165) is 6.07 Å². The van der Waals surface area contributed by atoms with Crippen LogP contribution in [0, 0.1) is 20.2 Å². The lowest BCUT2D eigenvalue weighted by molar-refractivity contribution is -0.394. The molecule has 116 valence electrons. The highest BCUT2D eigenvalue weighted by Crippen LogP contribution is 2.42. The van der Waals surface area contributed by atoms with Gasteiger partial charge in [-0.05, 0) is 25.1 Å². The van der Waals surface area contributed by atoms with E-state index in [1.165, 1.54) is 6.07 Å². The zero-order valence-corrected chi connectivity index (χ0v) is 14.1. The molecule has 1 aromatic carbocycles. The molecule has 0 aromatic heterocycles. The molecule has 0 fully saturated rings. The van der Waals surface area contributed by atoms with Gasteiger partial charge in [0, 0.05) is 11.6 Å². The van der Waals surface area contributed by atoms with E-state index < -0.39 is 23.6 Å². The third-order valence-corrected chi connectivity index (χ3v) is 3.49. The average Bonchev–Trinajstić information content (AvgIpc) is 2.24. The van der Waals surface area contributed by atoms with Crippen LogP contribution in [0.5, 0.6) is 5.75 Å². The number of hydrogen-bond donors (Lipinski definition) is 0. The maximum absolute atomic E-state index is 11.3. The van der Waals surface area contributed by atoms with Gasteiger partial charge in [-0.3, -0.25) is 20.2 Å². The molecule has 7 nitrogen and oxygen atoms in total. The van der Waals surface area contributed by atoms with Gasteiger partial charge >= 0.3 is 5.69 Å². The molecule has 0 aliphatic heterocycles. The van der Waals surface area contributed by atoms with E-state index in [-0.39, 0.29) is 17.1 Å². The van der Waals surface area contributed by atoms with Gasteiger partial charge in [0.15, 0.2) is 5.75 Å². The van der Waals surface area contributed by atoms with Gasteiger partial charge in [-0.2, -0.15) is 0 Å². The first-order valence-corrected chi connectivity index (χ1v) is 9.90. The summed E-state index contributed by atoms with van der Waals surface area (Å²) in [6.07, 6.45) is 0. The van der Waals surface area contributed by atoms with Crippen LogP contribution in [0.2, 0.25) is 19.6 Å². The fraction of sp³-hybridized carbons (Fsp3) is 0.538. The predicted molar refractivity (Wildman–Crippen MR) is 82.4 cm³/mol. The van der Waals surface area contributed by atoms with Gasteiger partial charge in [-0.15, -0.1) is 0 Å². The highest BCUT2D eigenvalue weighted by atomic mass is 28.4. The minimum Gasteiger partial charge on any atom is -0.540 e. The van der Waals surface area contributed by atoms with E-state index in [4.69, 9.17) is 4.43 Å². The van der Waals surface area contributed by atoms with Crippen molar-refractivity contribution >= 4 is 19.7 Å². The molecule has 0 spiro atoms. The molecule has 0 aliphatic rings. The van der Waals surface area contributed by atoms with E-state index >= 15 is 0 Å². The van der Waals surface area contributed by atoms with Crippen LogP contribution in [0.1, 0.15) is 26.3 Å². The molecule has 0 saturated carbocycles. The van der Waals surface area contributed by atoms with Crippen molar-refractivity contribution in [1.29, 1.82) is 0 Å². The summed E-state index contributed by atoms with van der Waals surface area (Å²) in [4.78, 5) is 21.0. The largest absolute Gasteiger partial charge is 0.540 e. The minimum atomic E-state index is -2.10. The fourth-order valence-corrected chi connectivity index (χ4v) is 2.64. The van der Waals surface area contributed by atoms with E-state index in [1.54, 1.807) is 0 Å². The lowest BCUT2D eigenvalue weighted by atomic mass is 9.85. The van der Waals surface area contributed by atoms with Gasteiger partial charge < -0.3 is 4.43 Å². The smallest absolute Gasteiger partial charge is 0.316 e. The Kier molecular flexibility index (Phi) is 4.42. The first-order chi connectivity index (χ1) is 9.33. The molecule has 0 amide bonds. The molecule has 0 atom stereocenters. The van der Waals surface area contributed by atoms with Gasteiger partial charge in [-0.25, -0.2) is 0 Å². The monoisotopic (exact) mass is 312 g/mol. The third-order valence-electron chi connectivity index (χ3n) is 2.68. The van der Waals surface area contributed by atoms with Crippen LogP contribution in [0.25, 0.3) is 0 Å². The van der Waals surface area contributed by atoms with E-state index in [9.17, 15) is 20.2 Å². The molecule has 0 unspecified atom stereocenters. The number of nitrogens with zero attached hydrogens (tertiary/aromatic N) is 2. The number of benzene rings is 1. The second-order valence-electron chi connectivity index (χ2n) is 6.82. The van der Waals surface area contributed by atoms with Crippen LogP contribution in [0.15, 0.2) is 12.1 Å². The number of rotatable bonds is 4. The zero-order chi connectivity index (χ0) is 16.6. The van der Waals surface area contributed by atoms with Crippen molar-refractivity contribution in [3.05, 3.63) is 37.9 Å². The van der Waals surface area contributed by atoms with Gasteiger partial charge in [0.25, 0.3) is 5.69 Å². The van der Waals surface area contributed by atoms with Crippen molar-refractivity contribution in [3.8, 4) is 5.75 Å². The van der Waals surface area contributed by atoms with Crippen molar-refractivity contribution in [2.24, 2.45) is 0 Å². The first-order valence-electron chi connectivity index (χ1n) is 6.49. The van der Waals surface area contributed by atoms with Crippen LogP contribution >= 0.6 is 0 Å². The average molecular weight is 312 g/mol. The molecule has 0 aliphatic carbocycles. The minimum absolute atomic E-state index is 0.150. The summed E-state index contributed by atoms with van der Waals surface area (Å²) in [6, 6.07) is 2.33. The van der Waals surface area contributed by atoms with Crippen LogP contribution in [-0.2, 0) is 5.41 Å². The maximum Gasteiger partial charge on any atom is 0.316 e. The van der Waals surface area contributed by atoms with Crippen LogP contribution in [-0.4, -0.2) is 18.2 Å². The zero-order valence-electron chi connectivity index (χ0n) is 13.1. The van der Waals surface area contributed by atoms with E-state index in [1.807, 2.05) is 40.4 Å². The summed E-state index contributed by atoms with van der Waals surface area (Å²) in [5, 5.41) is 22.3. The molecular weight excluding hydrogens is 292 g/mol. The normalized spacial score (nSPS) is 12.1. The van der Waals surface area contributed by atoms with E-state index in [0.29, 0.717) is 5.56 Å². The summed E-state index contributed by atoms with van der Waals surface area (Å²) < 4.78 is 5.86.